The van der Waals surface area contributed by atoms with Crippen molar-refractivity contribution in [1.29, 1.82) is 0 Å². The van der Waals surface area contributed by atoms with Gasteiger partial charge < -0.3 is 14.7 Å². The number of aliphatic hydroxyl groups excluding tert-OH is 1. The Morgan fingerprint density at radius 1 is 1.58 bits per heavy atom. The van der Waals surface area contributed by atoms with Crippen LogP contribution in [-0.2, 0) is 4.79 Å². The molecule has 1 amide bonds. The van der Waals surface area contributed by atoms with Crippen molar-refractivity contribution in [2.24, 2.45) is 0 Å². The van der Waals surface area contributed by atoms with Gasteiger partial charge in [-0.3, -0.25) is 4.79 Å². The molecule has 1 aromatic rings. The molecule has 19 heavy (non-hydrogen) atoms. The van der Waals surface area contributed by atoms with Gasteiger partial charge in [0, 0.05) is 19.5 Å². The molecule has 0 saturated carbocycles. The third-order valence-electron chi connectivity index (χ3n) is 3.66. The quantitative estimate of drug-likeness (QED) is 0.901. The average molecular weight is 263 g/mol. The highest BCUT2D eigenvalue weighted by Gasteiger charge is 2.25. The minimum atomic E-state index is -0.351. The lowest BCUT2D eigenvalue weighted by molar-refractivity contribution is -0.130. The van der Waals surface area contributed by atoms with Gasteiger partial charge in [-0.15, -0.1) is 0 Å². The van der Waals surface area contributed by atoms with E-state index in [4.69, 9.17) is 4.74 Å². The Morgan fingerprint density at radius 3 is 3.00 bits per heavy atom. The number of amides is 1. The van der Waals surface area contributed by atoms with E-state index in [0.717, 1.165) is 11.3 Å². The highest BCUT2D eigenvalue weighted by atomic mass is 16.5. The predicted molar refractivity (Wildman–Crippen MR) is 73.2 cm³/mol. The van der Waals surface area contributed by atoms with Gasteiger partial charge >= 0.3 is 0 Å². The molecule has 4 heteroatoms. The van der Waals surface area contributed by atoms with Gasteiger partial charge in [0.2, 0.25) is 5.91 Å². The number of hydrogen-bond acceptors (Lipinski definition) is 3. The van der Waals surface area contributed by atoms with Gasteiger partial charge in [-0.1, -0.05) is 19.1 Å². The number of ether oxygens (including phenoxy) is 1. The molecule has 0 radical (unpaired) electrons. The number of likely N-dealkylation sites (tertiary alicyclic amines) is 1. The monoisotopic (exact) mass is 263 g/mol. The van der Waals surface area contributed by atoms with Crippen LogP contribution in [0.5, 0.6) is 5.75 Å². The largest absolute Gasteiger partial charge is 0.497 e. The second-order valence-corrected chi connectivity index (χ2v) is 5.16. The van der Waals surface area contributed by atoms with E-state index in [1.807, 2.05) is 31.2 Å². The summed E-state index contributed by atoms with van der Waals surface area (Å²) in [6.07, 6.45) is 0.815. The molecule has 0 bridgehead atoms. The van der Waals surface area contributed by atoms with Gasteiger partial charge in [-0.25, -0.2) is 0 Å². The maximum atomic E-state index is 12.1. The molecule has 2 atom stereocenters. The Kier molecular flexibility index (Phi) is 4.43. The zero-order valence-corrected chi connectivity index (χ0v) is 11.5. The van der Waals surface area contributed by atoms with Crippen molar-refractivity contribution in [2.45, 2.75) is 31.8 Å². The number of methoxy groups -OCH3 is 1. The predicted octanol–water partition coefficient (Wildman–Crippen LogP) is 1.78. The Morgan fingerprint density at radius 2 is 2.37 bits per heavy atom. The van der Waals surface area contributed by atoms with E-state index >= 15 is 0 Å². The molecule has 1 saturated heterocycles. The molecule has 104 valence electrons. The first kappa shape index (κ1) is 13.9. The SMILES string of the molecule is COc1cccc(C(C)CC(=O)N2CC[C@H](O)C2)c1. The lowest BCUT2D eigenvalue weighted by atomic mass is 9.97. The number of carbonyl (C=O) groups is 1. The molecule has 0 aliphatic carbocycles. The molecule has 4 nitrogen and oxygen atoms in total. The highest BCUT2D eigenvalue weighted by molar-refractivity contribution is 5.77. The van der Waals surface area contributed by atoms with Crippen LogP contribution in [0.25, 0.3) is 0 Å². The first-order valence-electron chi connectivity index (χ1n) is 6.70. The van der Waals surface area contributed by atoms with E-state index < -0.39 is 0 Å². The van der Waals surface area contributed by atoms with E-state index in [9.17, 15) is 9.90 Å². The van der Waals surface area contributed by atoms with Crippen molar-refractivity contribution in [3.8, 4) is 5.75 Å². The highest BCUT2D eigenvalue weighted by Crippen LogP contribution is 2.24. The van der Waals surface area contributed by atoms with Gasteiger partial charge in [0.1, 0.15) is 5.75 Å². The molecule has 1 N–H and O–H groups in total. The summed E-state index contributed by atoms with van der Waals surface area (Å²) < 4.78 is 5.20. The molecule has 0 aromatic heterocycles. The lowest BCUT2D eigenvalue weighted by Crippen LogP contribution is -2.30. The summed E-state index contributed by atoms with van der Waals surface area (Å²) in [5.41, 5.74) is 1.10. The Balaban J connectivity index is 1.96. The van der Waals surface area contributed by atoms with E-state index in [1.54, 1.807) is 12.0 Å². The van der Waals surface area contributed by atoms with Crippen molar-refractivity contribution in [2.75, 3.05) is 20.2 Å². The van der Waals surface area contributed by atoms with Gasteiger partial charge in [0.25, 0.3) is 0 Å². The molecule has 1 heterocycles. The summed E-state index contributed by atoms with van der Waals surface area (Å²) in [6, 6.07) is 7.82. The summed E-state index contributed by atoms with van der Waals surface area (Å²) in [5, 5.41) is 9.46. The van der Waals surface area contributed by atoms with Crippen LogP contribution < -0.4 is 4.74 Å². The van der Waals surface area contributed by atoms with Gasteiger partial charge in [-0.2, -0.15) is 0 Å². The average Bonchev–Trinajstić information content (AvgIpc) is 2.85. The number of rotatable bonds is 4. The number of nitrogens with zero attached hydrogens (tertiary/aromatic N) is 1. The number of aliphatic hydroxyl groups is 1. The van der Waals surface area contributed by atoms with Crippen molar-refractivity contribution in [1.82, 2.24) is 4.90 Å². The standard InChI is InChI=1S/C15H21NO3/c1-11(12-4-3-5-14(9-12)19-2)8-15(18)16-7-6-13(17)10-16/h3-5,9,11,13,17H,6-8,10H2,1-2H3/t11?,13-/m0/s1. The van der Waals surface area contributed by atoms with Gasteiger partial charge in [0.15, 0.2) is 0 Å². The first-order valence-corrected chi connectivity index (χ1v) is 6.70. The second kappa shape index (κ2) is 6.06. The van der Waals surface area contributed by atoms with Crippen molar-refractivity contribution >= 4 is 5.91 Å². The minimum Gasteiger partial charge on any atom is -0.497 e. The summed E-state index contributed by atoms with van der Waals surface area (Å²) in [4.78, 5) is 13.9. The molecular formula is C15H21NO3. The smallest absolute Gasteiger partial charge is 0.223 e. The fourth-order valence-corrected chi connectivity index (χ4v) is 2.43. The van der Waals surface area contributed by atoms with Crippen LogP contribution in [0.3, 0.4) is 0 Å². The molecule has 1 aliphatic heterocycles. The van der Waals surface area contributed by atoms with Crippen LogP contribution in [0.2, 0.25) is 0 Å². The summed E-state index contributed by atoms with van der Waals surface area (Å²) >= 11 is 0. The van der Waals surface area contributed by atoms with E-state index in [0.29, 0.717) is 25.9 Å². The molecule has 2 rings (SSSR count). The second-order valence-electron chi connectivity index (χ2n) is 5.16. The van der Waals surface area contributed by atoms with Crippen molar-refractivity contribution in [3.05, 3.63) is 29.8 Å². The third-order valence-corrected chi connectivity index (χ3v) is 3.66. The first-order chi connectivity index (χ1) is 9.10. The maximum absolute atomic E-state index is 12.1. The number of benzene rings is 1. The zero-order valence-electron chi connectivity index (χ0n) is 11.5. The number of β-amino-alcohol motifs (C(OH)–C–C–N with tert-alkyl or cyclic N) is 1. The molecule has 0 spiro atoms. The van der Waals surface area contributed by atoms with Gasteiger partial charge in [-0.05, 0) is 30.0 Å². The van der Waals surface area contributed by atoms with E-state index in [-0.39, 0.29) is 17.9 Å². The maximum Gasteiger partial charge on any atom is 0.223 e. The van der Waals surface area contributed by atoms with Crippen LogP contribution in [0.4, 0.5) is 0 Å². The van der Waals surface area contributed by atoms with Crippen LogP contribution in [0, 0.1) is 0 Å². The molecular weight excluding hydrogens is 242 g/mol. The van der Waals surface area contributed by atoms with Crippen LogP contribution in [-0.4, -0.2) is 42.2 Å². The van der Waals surface area contributed by atoms with Crippen molar-refractivity contribution < 1.29 is 14.6 Å². The Hall–Kier alpha value is -1.55. The zero-order chi connectivity index (χ0) is 13.8. The number of carbonyl (C=O) groups excluding carboxylic acids is 1. The minimum absolute atomic E-state index is 0.117. The fourth-order valence-electron chi connectivity index (χ4n) is 2.43. The Bertz CT molecular complexity index is 447. The summed E-state index contributed by atoms with van der Waals surface area (Å²) in [7, 11) is 1.64. The summed E-state index contributed by atoms with van der Waals surface area (Å²) in [6.45, 7) is 3.19. The van der Waals surface area contributed by atoms with Crippen molar-refractivity contribution in [3.63, 3.8) is 0 Å². The van der Waals surface area contributed by atoms with Crippen LogP contribution >= 0.6 is 0 Å². The van der Waals surface area contributed by atoms with Crippen LogP contribution in [0.15, 0.2) is 24.3 Å². The molecule has 1 fully saturated rings. The fraction of sp³-hybridized carbons (Fsp3) is 0.533. The number of hydrogen-bond donors (Lipinski definition) is 1. The van der Waals surface area contributed by atoms with E-state index in [1.165, 1.54) is 0 Å². The van der Waals surface area contributed by atoms with Crippen LogP contribution in [0.1, 0.15) is 31.2 Å². The molecule has 1 unspecified atom stereocenters. The Labute approximate surface area is 114 Å². The topological polar surface area (TPSA) is 49.8 Å². The lowest BCUT2D eigenvalue weighted by Gasteiger charge is -2.19. The molecule has 1 aliphatic rings. The van der Waals surface area contributed by atoms with E-state index in [2.05, 4.69) is 0 Å². The molecule has 1 aromatic carbocycles. The normalized spacial score (nSPS) is 20.4. The summed E-state index contributed by atoms with van der Waals surface area (Å²) in [5.74, 6) is 1.08. The van der Waals surface area contributed by atoms with Gasteiger partial charge in [0.05, 0.1) is 13.2 Å². The third kappa shape index (κ3) is 3.47.